The van der Waals surface area contributed by atoms with Gasteiger partial charge in [0.1, 0.15) is 10.1 Å². The average Bonchev–Trinajstić information content (AvgIpc) is 3.10. The van der Waals surface area contributed by atoms with Crippen molar-refractivity contribution in [3.8, 4) is 5.75 Å². The lowest BCUT2D eigenvalue weighted by Gasteiger charge is -2.42. The third kappa shape index (κ3) is 4.42. The molecule has 7 nitrogen and oxygen atoms in total. The van der Waals surface area contributed by atoms with Gasteiger partial charge >= 0.3 is 0 Å². The molecule has 0 unspecified atom stereocenters. The molecule has 2 atom stereocenters. The van der Waals surface area contributed by atoms with Crippen LogP contribution >= 0.6 is 24.0 Å². The fraction of sp³-hybridized carbons (Fsp3) is 0.360. The van der Waals surface area contributed by atoms with E-state index >= 15 is 0 Å². The first-order valence-corrected chi connectivity index (χ1v) is 12.5. The molecule has 3 aliphatic heterocycles. The molecule has 4 heterocycles. The SMILES string of the molecule is COc1ccc(/C=C2/SC(=S)N(CCC(=O)N3C[C@@H]4C[C@@H](C3)c3cccc(=O)n3C4)C2=O)cc1. The van der Waals surface area contributed by atoms with Gasteiger partial charge in [0.2, 0.25) is 5.91 Å². The Balaban J connectivity index is 1.22. The lowest BCUT2D eigenvalue weighted by Crippen LogP contribution is -2.49. The molecule has 2 amide bonds. The summed E-state index contributed by atoms with van der Waals surface area (Å²) in [4.78, 5) is 42.2. The van der Waals surface area contributed by atoms with Crippen molar-refractivity contribution >= 4 is 46.2 Å². The normalized spacial score (nSPS) is 22.8. The lowest BCUT2D eigenvalue weighted by atomic mass is 9.83. The first-order chi connectivity index (χ1) is 16.4. The number of benzene rings is 1. The summed E-state index contributed by atoms with van der Waals surface area (Å²) in [7, 11) is 1.61. The zero-order chi connectivity index (χ0) is 23.8. The summed E-state index contributed by atoms with van der Waals surface area (Å²) in [6.45, 7) is 2.17. The van der Waals surface area contributed by atoms with Crippen molar-refractivity contribution in [1.82, 2.24) is 14.4 Å². The number of pyridine rings is 1. The van der Waals surface area contributed by atoms with E-state index in [1.165, 1.54) is 16.7 Å². The van der Waals surface area contributed by atoms with E-state index in [-0.39, 0.29) is 42.2 Å². The van der Waals surface area contributed by atoms with E-state index in [4.69, 9.17) is 17.0 Å². The zero-order valence-corrected chi connectivity index (χ0v) is 20.4. The fourth-order valence-corrected chi connectivity index (χ4v) is 6.32. The minimum Gasteiger partial charge on any atom is -0.497 e. The molecule has 34 heavy (non-hydrogen) atoms. The Bertz CT molecular complexity index is 1240. The fourth-order valence-electron chi connectivity index (χ4n) is 5.01. The molecule has 0 N–H and O–H groups in total. The number of likely N-dealkylation sites (tertiary alicyclic amines) is 1. The number of fused-ring (bicyclic) bond motifs is 4. The average molecular weight is 496 g/mol. The number of carbonyl (C=O) groups excluding carboxylic acids is 2. The molecule has 2 aromatic rings. The molecule has 5 rings (SSSR count). The van der Waals surface area contributed by atoms with Crippen molar-refractivity contribution in [2.75, 3.05) is 26.7 Å². The molecular weight excluding hydrogens is 470 g/mol. The topological polar surface area (TPSA) is 71.8 Å². The number of carbonyl (C=O) groups is 2. The number of thioether (sulfide) groups is 1. The van der Waals surface area contributed by atoms with Gasteiger partial charge in [-0.1, -0.05) is 42.2 Å². The van der Waals surface area contributed by atoms with Crippen LogP contribution in [0.15, 0.2) is 52.2 Å². The molecule has 9 heteroatoms. The van der Waals surface area contributed by atoms with E-state index in [9.17, 15) is 14.4 Å². The van der Waals surface area contributed by atoms with Gasteiger partial charge in [-0.25, -0.2) is 0 Å². The van der Waals surface area contributed by atoms with Gasteiger partial charge in [-0.15, -0.1) is 0 Å². The Morgan fingerprint density at radius 1 is 1.15 bits per heavy atom. The van der Waals surface area contributed by atoms with E-state index in [1.54, 1.807) is 19.2 Å². The van der Waals surface area contributed by atoms with E-state index in [2.05, 4.69) is 0 Å². The maximum absolute atomic E-state index is 13.1. The Morgan fingerprint density at radius 3 is 2.71 bits per heavy atom. The molecule has 0 spiro atoms. The minimum absolute atomic E-state index is 0.0228. The predicted octanol–water partition coefficient (Wildman–Crippen LogP) is 3.09. The van der Waals surface area contributed by atoms with Crippen molar-refractivity contribution in [3.05, 3.63) is 69.0 Å². The Kier molecular flexibility index (Phi) is 6.31. The molecule has 1 aromatic heterocycles. The van der Waals surface area contributed by atoms with Crippen LogP contribution in [0.3, 0.4) is 0 Å². The van der Waals surface area contributed by atoms with Crippen LogP contribution in [0.5, 0.6) is 5.75 Å². The molecule has 2 fully saturated rings. The van der Waals surface area contributed by atoms with Crippen molar-refractivity contribution in [2.45, 2.75) is 25.3 Å². The largest absolute Gasteiger partial charge is 0.497 e. The number of piperidine rings is 1. The summed E-state index contributed by atoms with van der Waals surface area (Å²) in [6, 6.07) is 12.8. The molecule has 2 bridgehead atoms. The number of hydrogen-bond acceptors (Lipinski definition) is 6. The number of nitrogens with zero attached hydrogens (tertiary/aromatic N) is 3. The maximum Gasteiger partial charge on any atom is 0.266 e. The Morgan fingerprint density at radius 2 is 1.94 bits per heavy atom. The quantitative estimate of drug-likeness (QED) is 0.469. The molecule has 0 radical (unpaired) electrons. The van der Waals surface area contributed by atoms with Crippen molar-refractivity contribution in [2.24, 2.45) is 5.92 Å². The Hall–Kier alpha value is -2.91. The summed E-state index contributed by atoms with van der Waals surface area (Å²) >= 11 is 6.69. The number of ether oxygens (including phenoxy) is 1. The van der Waals surface area contributed by atoms with Crippen LogP contribution in [0.4, 0.5) is 0 Å². The molecule has 3 aliphatic rings. The van der Waals surface area contributed by atoms with Gasteiger partial charge in [0.15, 0.2) is 0 Å². The molecule has 2 saturated heterocycles. The van der Waals surface area contributed by atoms with Crippen LogP contribution in [0.1, 0.15) is 30.0 Å². The van der Waals surface area contributed by atoms with E-state index in [1.807, 2.05) is 45.9 Å². The van der Waals surface area contributed by atoms with Gasteiger partial charge in [0, 0.05) is 50.3 Å². The van der Waals surface area contributed by atoms with E-state index < -0.39 is 0 Å². The third-order valence-electron chi connectivity index (χ3n) is 6.67. The first-order valence-electron chi connectivity index (χ1n) is 11.3. The monoisotopic (exact) mass is 495 g/mol. The summed E-state index contributed by atoms with van der Waals surface area (Å²) in [6.07, 6.45) is 3.03. The second kappa shape index (κ2) is 9.38. The highest BCUT2D eigenvalue weighted by Gasteiger charge is 2.37. The highest BCUT2D eigenvalue weighted by atomic mass is 32.2. The Labute approximate surface area is 207 Å². The van der Waals surface area contributed by atoms with Gasteiger partial charge in [-0.2, -0.15) is 0 Å². The van der Waals surface area contributed by atoms with Crippen LogP contribution in [-0.2, 0) is 16.1 Å². The smallest absolute Gasteiger partial charge is 0.266 e. The van der Waals surface area contributed by atoms with Gasteiger partial charge in [0.05, 0.1) is 12.0 Å². The standard InChI is InChI=1S/C25H25N3O4S2/c1-32-19-7-5-16(6-8-19)12-21-24(31)27(25(33)34-21)10-9-22(29)26-13-17-11-18(15-26)20-3-2-4-23(30)28(20)14-17/h2-8,12,17-18H,9-11,13-15H2,1H3/b21-12+/t17-,18-/m0/s1. The van der Waals surface area contributed by atoms with Crippen molar-refractivity contribution < 1.29 is 14.3 Å². The summed E-state index contributed by atoms with van der Waals surface area (Å²) in [5.41, 5.74) is 1.93. The highest BCUT2D eigenvalue weighted by molar-refractivity contribution is 8.26. The maximum atomic E-state index is 13.1. The van der Waals surface area contributed by atoms with Crippen molar-refractivity contribution in [1.29, 1.82) is 0 Å². The van der Waals surface area contributed by atoms with Crippen LogP contribution in [-0.4, -0.2) is 57.2 Å². The number of aromatic nitrogens is 1. The minimum atomic E-state index is -0.164. The molecule has 1 aromatic carbocycles. The second-order valence-electron chi connectivity index (χ2n) is 8.85. The van der Waals surface area contributed by atoms with Gasteiger partial charge in [-0.3, -0.25) is 19.3 Å². The molecule has 0 aliphatic carbocycles. The van der Waals surface area contributed by atoms with Crippen molar-refractivity contribution in [3.63, 3.8) is 0 Å². The number of thiocarbonyl (C=S) groups is 1. The molecule has 176 valence electrons. The number of methoxy groups -OCH3 is 1. The highest BCUT2D eigenvalue weighted by Crippen LogP contribution is 2.36. The van der Waals surface area contributed by atoms with Crippen LogP contribution in [0.2, 0.25) is 0 Å². The summed E-state index contributed by atoms with van der Waals surface area (Å²) in [5.74, 6) is 1.06. The van der Waals surface area contributed by atoms with Crippen LogP contribution in [0.25, 0.3) is 6.08 Å². The number of hydrogen-bond donors (Lipinski definition) is 0. The van der Waals surface area contributed by atoms with Crippen LogP contribution in [0, 0.1) is 5.92 Å². The van der Waals surface area contributed by atoms with E-state index in [0.29, 0.717) is 28.9 Å². The van der Waals surface area contributed by atoms with E-state index in [0.717, 1.165) is 23.4 Å². The zero-order valence-electron chi connectivity index (χ0n) is 18.8. The first kappa shape index (κ1) is 22.9. The van der Waals surface area contributed by atoms with Gasteiger partial charge < -0.3 is 14.2 Å². The van der Waals surface area contributed by atoms with Crippen LogP contribution < -0.4 is 10.3 Å². The summed E-state index contributed by atoms with van der Waals surface area (Å²) < 4.78 is 7.50. The lowest BCUT2D eigenvalue weighted by molar-refractivity contribution is -0.134. The number of rotatable bonds is 5. The third-order valence-corrected chi connectivity index (χ3v) is 8.05. The predicted molar refractivity (Wildman–Crippen MR) is 136 cm³/mol. The number of amides is 2. The van der Waals surface area contributed by atoms with Gasteiger partial charge in [0.25, 0.3) is 11.5 Å². The molecule has 0 saturated carbocycles. The second-order valence-corrected chi connectivity index (χ2v) is 10.5. The summed E-state index contributed by atoms with van der Waals surface area (Å²) in [5, 5.41) is 0. The molecular formula is C25H25N3O4S2. The van der Waals surface area contributed by atoms with Gasteiger partial charge in [-0.05, 0) is 42.2 Å².